The maximum absolute atomic E-state index is 12.0. The summed E-state index contributed by atoms with van der Waals surface area (Å²) in [5.41, 5.74) is 0. The molecule has 0 bridgehead atoms. The standard InChI is InChI=1S/C14H21N3O2S.ClH/c1-10-5-6-15-8-11(10)16-13(18)9-17(2)14(19)12-4-3-7-20-12;/h3-4,7,10-11,15H,5-6,8-9H2,1-2H3,(H,16,18);1H. The van der Waals surface area contributed by atoms with Crippen molar-refractivity contribution in [1.82, 2.24) is 15.5 Å². The molecule has 118 valence electrons. The van der Waals surface area contributed by atoms with Crippen LogP contribution in [0.3, 0.4) is 0 Å². The van der Waals surface area contributed by atoms with E-state index in [1.807, 2.05) is 11.4 Å². The summed E-state index contributed by atoms with van der Waals surface area (Å²) in [6.45, 7) is 4.05. The molecule has 1 aromatic heterocycles. The number of halogens is 1. The van der Waals surface area contributed by atoms with E-state index in [9.17, 15) is 9.59 Å². The van der Waals surface area contributed by atoms with Crippen molar-refractivity contribution in [3.05, 3.63) is 22.4 Å². The average Bonchev–Trinajstić information content (AvgIpc) is 2.94. The van der Waals surface area contributed by atoms with E-state index in [-0.39, 0.29) is 36.8 Å². The van der Waals surface area contributed by atoms with Crippen LogP contribution in [0.15, 0.2) is 17.5 Å². The second-order valence-electron chi connectivity index (χ2n) is 5.28. The second-order valence-corrected chi connectivity index (χ2v) is 6.23. The van der Waals surface area contributed by atoms with Crippen LogP contribution in [-0.4, -0.2) is 49.4 Å². The van der Waals surface area contributed by atoms with Crippen molar-refractivity contribution in [3.8, 4) is 0 Å². The molecule has 2 rings (SSSR count). The van der Waals surface area contributed by atoms with Crippen LogP contribution in [0.2, 0.25) is 0 Å². The normalized spacial score (nSPS) is 21.2. The molecule has 1 aliphatic rings. The highest BCUT2D eigenvalue weighted by molar-refractivity contribution is 7.12. The molecule has 0 saturated carbocycles. The quantitative estimate of drug-likeness (QED) is 0.875. The number of nitrogens with one attached hydrogen (secondary N) is 2. The lowest BCUT2D eigenvalue weighted by Gasteiger charge is -2.30. The highest BCUT2D eigenvalue weighted by Crippen LogP contribution is 2.12. The summed E-state index contributed by atoms with van der Waals surface area (Å²) < 4.78 is 0. The van der Waals surface area contributed by atoms with Crippen LogP contribution in [0.4, 0.5) is 0 Å². The number of hydrogen-bond acceptors (Lipinski definition) is 4. The van der Waals surface area contributed by atoms with Crippen LogP contribution in [0, 0.1) is 5.92 Å². The molecule has 1 saturated heterocycles. The third kappa shape index (κ3) is 4.98. The third-order valence-corrected chi connectivity index (χ3v) is 4.49. The lowest BCUT2D eigenvalue weighted by atomic mass is 9.95. The SMILES string of the molecule is CC1CCNCC1NC(=O)CN(C)C(=O)c1cccs1.Cl. The lowest BCUT2D eigenvalue weighted by Crippen LogP contribution is -2.52. The fourth-order valence-electron chi connectivity index (χ4n) is 2.31. The Morgan fingerprint density at radius 3 is 2.90 bits per heavy atom. The summed E-state index contributed by atoms with van der Waals surface area (Å²) in [5, 5.41) is 8.14. The first-order valence-electron chi connectivity index (χ1n) is 6.87. The molecule has 0 spiro atoms. The number of carbonyl (C=O) groups excluding carboxylic acids is 2. The number of nitrogens with zero attached hydrogens (tertiary/aromatic N) is 1. The zero-order chi connectivity index (χ0) is 14.5. The zero-order valence-corrected chi connectivity index (χ0v) is 13.9. The molecule has 1 aromatic rings. The molecule has 0 aliphatic carbocycles. The van der Waals surface area contributed by atoms with E-state index in [1.165, 1.54) is 16.2 Å². The first-order valence-corrected chi connectivity index (χ1v) is 7.75. The molecule has 0 aromatic carbocycles. The second kappa shape index (κ2) is 8.36. The van der Waals surface area contributed by atoms with Crippen LogP contribution in [0.5, 0.6) is 0 Å². The largest absolute Gasteiger partial charge is 0.350 e. The first-order chi connectivity index (χ1) is 9.58. The van der Waals surface area contributed by atoms with Crippen LogP contribution in [0.1, 0.15) is 23.0 Å². The number of thiophene rings is 1. The van der Waals surface area contributed by atoms with E-state index in [1.54, 1.807) is 13.1 Å². The molecule has 1 fully saturated rings. The van der Waals surface area contributed by atoms with Crippen molar-refractivity contribution >= 4 is 35.6 Å². The van der Waals surface area contributed by atoms with Gasteiger partial charge in [-0.3, -0.25) is 9.59 Å². The molecule has 5 nitrogen and oxygen atoms in total. The fraction of sp³-hybridized carbons (Fsp3) is 0.571. The number of amides is 2. The van der Waals surface area contributed by atoms with E-state index in [0.717, 1.165) is 19.5 Å². The minimum Gasteiger partial charge on any atom is -0.350 e. The molecule has 2 unspecified atom stereocenters. The minimum atomic E-state index is -0.107. The molecular weight excluding hydrogens is 310 g/mol. The highest BCUT2D eigenvalue weighted by Gasteiger charge is 2.23. The van der Waals surface area contributed by atoms with Crippen molar-refractivity contribution < 1.29 is 9.59 Å². The van der Waals surface area contributed by atoms with Crippen LogP contribution in [-0.2, 0) is 4.79 Å². The van der Waals surface area contributed by atoms with Gasteiger partial charge in [0.15, 0.2) is 0 Å². The lowest BCUT2D eigenvalue weighted by molar-refractivity contribution is -0.122. The number of rotatable bonds is 4. The van der Waals surface area contributed by atoms with Crippen LogP contribution >= 0.6 is 23.7 Å². The Bertz CT molecular complexity index is 467. The van der Waals surface area contributed by atoms with Gasteiger partial charge in [-0.25, -0.2) is 0 Å². The summed E-state index contributed by atoms with van der Waals surface area (Å²) in [6, 6.07) is 3.76. The maximum atomic E-state index is 12.0. The molecule has 2 N–H and O–H groups in total. The molecule has 2 atom stereocenters. The summed E-state index contributed by atoms with van der Waals surface area (Å²) in [7, 11) is 1.66. The third-order valence-electron chi connectivity index (χ3n) is 3.63. The topological polar surface area (TPSA) is 61.4 Å². The molecule has 2 amide bonds. The van der Waals surface area contributed by atoms with Crippen LogP contribution < -0.4 is 10.6 Å². The summed E-state index contributed by atoms with van der Waals surface area (Å²) in [4.78, 5) is 26.2. The van der Waals surface area contributed by atoms with Crippen molar-refractivity contribution in [2.24, 2.45) is 5.92 Å². The molecule has 21 heavy (non-hydrogen) atoms. The van der Waals surface area contributed by atoms with Crippen molar-refractivity contribution in [1.29, 1.82) is 0 Å². The zero-order valence-electron chi connectivity index (χ0n) is 12.3. The Labute approximate surface area is 135 Å². The number of carbonyl (C=O) groups is 2. The average molecular weight is 332 g/mol. The summed E-state index contributed by atoms with van der Waals surface area (Å²) in [6.07, 6.45) is 1.06. The van der Waals surface area contributed by atoms with Gasteiger partial charge in [0.1, 0.15) is 0 Å². The Morgan fingerprint density at radius 1 is 1.52 bits per heavy atom. The molecule has 2 heterocycles. The number of piperidine rings is 1. The van der Waals surface area contributed by atoms with Gasteiger partial charge in [-0.15, -0.1) is 23.7 Å². The predicted molar refractivity (Wildman–Crippen MR) is 87.1 cm³/mol. The van der Waals surface area contributed by atoms with E-state index < -0.39 is 0 Å². The minimum absolute atomic E-state index is 0. The van der Waals surface area contributed by atoms with Gasteiger partial charge >= 0.3 is 0 Å². The maximum Gasteiger partial charge on any atom is 0.264 e. The smallest absolute Gasteiger partial charge is 0.264 e. The predicted octanol–water partition coefficient (Wildman–Crippen LogP) is 1.36. The van der Waals surface area contributed by atoms with Gasteiger partial charge < -0.3 is 15.5 Å². The summed E-state index contributed by atoms with van der Waals surface area (Å²) in [5.74, 6) is 0.265. The molecule has 7 heteroatoms. The Kier molecular flexibility index (Phi) is 7.14. The molecule has 0 radical (unpaired) electrons. The number of likely N-dealkylation sites (N-methyl/N-ethyl adjacent to an activating group) is 1. The van der Waals surface area contributed by atoms with E-state index in [2.05, 4.69) is 17.6 Å². The monoisotopic (exact) mass is 331 g/mol. The fourth-order valence-corrected chi connectivity index (χ4v) is 3.03. The van der Waals surface area contributed by atoms with Gasteiger partial charge in [0.05, 0.1) is 11.4 Å². The Morgan fingerprint density at radius 2 is 2.29 bits per heavy atom. The van der Waals surface area contributed by atoms with Crippen LogP contribution in [0.25, 0.3) is 0 Å². The highest BCUT2D eigenvalue weighted by atomic mass is 35.5. The molecule has 1 aliphatic heterocycles. The summed E-state index contributed by atoms with van der Waals surface area (Å²) >= 11 is 1.39. The van der Waals surface area contributed by atoms with Gasteiger partial charge in [-0.2, -0.15) is 0 Å². The van der Waals surface area contributed by atoms with Crippen molar-refractivity contribution in [2.75, 3.05) is 26.7 Å². The number of hydrogen-bond donors (Lipinski definition) is 2. The van der Waals surface area contributed by atoms with Crippen molar-refractivity contribution in [3.63, 3.8) is 0 Å². The Hall–Kier alpha value is -1.11. The van der Waals surface area contributed by atoms with Gasteiger partial charge in [-0.1, -0.05) is 13.0 Å². The van der Waals surface area contributed by atoms with Gasteiger partial charge in [-0.05, 0) is 30.3 Å². The van der Waals surface area contributed by atoms with E-state index in [4.69, 9.17) is 0 Å². The van der Waals surface area contributed by atoms with Gasteiger partial charge in [0.2, 0.25) is 5.91 Å². The van der Waals surface area contributed by atoms with Gasteiger partial charge in [0.25, 0.3) is 5.91 Å². The van der Waals surface area contributed by atoms with Crippen molar-refractivity contribution in [2.45, 2.75) is 19.4 Å². The Balaban J connectivity index is 0.00000220. The van der Waals surface area contributed by atoms with E-state index in [0.29, 0.717) is 10.8 Å². The van der Waals surface area contributed by atoms with E-state index >= 15 is 0 Å². The molecular formula is C14H22ClN3O2S. The van der Waals surface area contributed by atoms with Gasteiger partial charge in [0, 0.05) is 19.6 Å². The first kappa shape index (κ1) is 17.9.